The van der Waals surface area contributed by atoms with Gasteiger partial charge in [0.1, 0.15) is 11.5 Å². The molecule has 0 bridgehead atoms. The molecule has 31 heavy (non-hydrogen) atoms. The number of nitrogens with zero attached hydrogens (tertiary/aromatic N) is 2. The van der Waals surface area contributed by atoms with Crippen molar-refractivity contribution in [2.75, 3.05) is 47.5 Å². The number of halogens is 3. The molecule has 0 spiro atoms. The summed E-state index contributed by atoms with van der Waals surface area (Å²) in [5.41, 5.74) is 0.577. The minimum atomic E-state index is -2.91. The van der Waals surface area contributed by atoms with Gasteiger partial charge in [0, 0.05) is 50.5 Å². The molecule has 0 amide bonds. The van der Waals surface area contributed by atoms with Gasteiger partial charge in [-0.05, 0) is 45.5 Å². The van der Waals surface area contributed by atoms with Crippen LogP contribution >= 0.6 is 24.0 Å². The average Bonchev–Trinajstić information content (AvgIpc) is 2.73. The molecular formula is C21H35F2IN4O3. The molecule has 1 aliphatic heterocycles. The molecule has 1 aromatic rings. The summed E-state index contributed by atoms with van der Waals surface area (Å²) in [7, 11) is 5.82. The summed E-state index contributed by atoms with van der Waals surface area (Å²) < 4.78 is 41.4. The van der Waals surface area contributed by atoms with Crippen LogP contribution in [0.25, 0.3) is 0 Å². The van der Waals surface area contributed by atoms with Gasteiger partial charge in [0.25, 0.3) is 0 Å². The number of alkyl halides is 2. The van der Waals surface area contributed by atoms with E-state index in [1.54, 1.807) is 19.2 Å². The number of rotatable bonds is 10. The number of likely N-dealkylation sites (N-methyl/N-ethyl adjacent to an activating group) is 1. The fraction of sp³-hybridized carbons (Fsp3) is 0.667. The molecule has 10 heteroatoms. The fourth-order valence-corrected chi connectivity index (χ4v) is 3.38. The third-order valence-corrected chi connectivity index (χ3v) is 5.35. The van der Waals surface area contributed by atoms with Gasteiger partial charge < -0.3 is 29.7 Å². The van der Waals surface area contributed by atoms with Gasteiger partial charge >= 0.3 is 6.61 Å². The number of hydrogen-bond acceptors (Lipinski definition) is 5. The van der Waals surface area contributed by atoms with Crippen molar-refractivity contribution < 1.29 is 23.0 Å². The highest BCUT2D eigenvalue weighted by molar-refractivity contribution is 14.0. The molecule has 1 aliphatic rings. The average molecular weight is 556 g/mol. The molecule has 2 rings (SSSR count). The highest BCUT2D eigenvalue weighted by atomic mass is 127. The van der Waals surface area contributed by atoms with Crippen molar-refractivity contribution in [3.8, 4) is 11.5 Å². The van der Waals surface area contributed by atoms with E-state index in [1.807, 2.05) is 6.92 Å². The van der Waals surface area contributed by atoms with Gasteiger partial charge in [-0.2, -0.15) is 8.78 Å². The monoisotopic (exact) mass is 556 g/mol. The minimum absolute atomic E-state index is 0. The van der Waals surface area contributed by atoms with Crippen LogP contribution in [-0.4, -0.2) is 70.5 Å². The topological polar surface area (TPSA) is 67.4 Å². The Kier molecular flexibility index (Phi) is 12.4. The first kappa shape index (κ1) is 27.6. The fourth-order valence-electron chi connectivity index (χ4n) is 3.38. The summed E-state index contributed by atoms with van der Waals surface area (Å²) in [4.78, 5) is 6.48. The second-order valence-corrected chi connectivity index (χ2v) is 7.51. The summed E-state index contributed by atoms with van der Waals surface area (Å²) in [5, 5.41) is 6.54. The van der Waals surface area contributed by atoms with Gasteiger partial charge in [-0.15, -0.1) is 24.0 Å². The van der Waals surface area contributed by atoms with Crippen LogP contribution in [0, 0.1) is 0 Å². The van der Waals surface area contributed by atoms with Crippen molar-refractivity contribution in [1.82, 2.24) is 15.5 Å². The standard InChI is InChI=1S/C21H34F2N4O3.HI/c1-5-10-29-17-7-6-16(18(13-17)30-19(22)23)14-25-20(24-2)26-15-21(27(3)4)8-11-28-12-9-21;/h6-7,13,19H,5,8-12,14-15H2,1-4H3,(H2,24,25,26);1H. The summed E-state index contributed by atoms with van der Waals surface area (Å²) in [6, 6.07) is 4.98. The van der Waals surface area contributed by atoms with Gasteiger partial charge in [0.05, 0.1) is 6.61 Å². The molecule has 1 fully saturated rings. The number of ether oxygens (including phenoxy) is 3. The van der Waals surface area contributed by atoms with Crippen LogP contribution in [0.15, 0.2) is 23.2 Å². The lowest BCUT2D eigenvalue weighted by Crippen LogP contribution is -2.57. The Balaban J connectivity index is 0.00000480. The van der Waals surface area contributed by atoms with Crippen LogP contribution in [0.1, 0.15) is 31.7 Å². The highest BCUT2D eigenvalue weighted by Crippen LogP contribution is 2.27. The summed E-state index contributed by atoms with van der Waals surface area (Å²) in [6.07, 6.45) is 2.68. The molecule has 0 aromatic heterocycles. The number of benzene rings is 1. The first-order valence-electron chi connectivity index (χ1n) is 10.3. The van der Waals surface area contributed by atoms with E-state index in [0.29, 0.717) is 30.4 Å². The SMILES string of the molecule is CCCOc1ccc(CNC(=NC)NCC2(N(C)C)CCOCC2)c(OC(F)F)c1.I. The minimum Gasteiger partial charge on any atom is -0.493 e. The van der Waals surface area contributed by atoms with E-state index in [2.05, 4.69) is 34.6 Å². The molecular weight excluding hydrogens is 521 g/mol. The molecule has 0 atom stereocenters. The van der Waals surface area contributed by atoms with Crippen molar-refractivity contribution >= 4 is 29.9 Å². The van der Waals surface area contributed by atoms with E-state index in [4.69, 9.17) is 14.2 Å². The first-order chi connectivity index (χ1) is 14.4. The molecule has 1 heterocycles. The summed E-state index contributed by atoms with van der Waals surface area (Å²) >= 11 is 0. The Hall–Kier alpha value is -1.40. The maximum Gasteiger partial charge on any atom is 0.387 e. The van der Waals surface area contributed by atoms with Crippen LogP contribution in [0.4, 0.5) is 8.78 Å². The Morgan fingerprint density at radius 3 is 2.55 bits per heavy atom. The molecule has 2 N–H and O–H groups in total. The predicted molar refractivity (Wildman–Crippen MR) is 129 cm³/mol. The largest absolute Gasteiger partial charge is 0.493 e. The van der Waals surface area contributed by atoms with E-state index in [0.717, 1.165) is 32.5 Å². The second-order valence-electron chi connectivity index (χ2n) is 7.51. The van der Waals surface area contributed by atoms with Gasteiger partial charge in [0.15, 0.2) is 5.96 Å². The van der Waals surface area contributed by atoms with Crippen LogP contribution in [0.2, 0.25) is 0 Å². The lowest BCUT2D eigenvalue weighted by atomic mass is 9.88. The second kappa shape index (κ2) is 13.9. The zero-order valence-electron chi connectivity index (χ0n) is 18.7. The molecule has 0 unspecified atom stereocenters. The van der Waals surface area contributed by atoms with Crippen LogP contribution in [0.5, 0.6) is 11.5 Å². The van der Waals surface area contributed by atoms with Gasteiger partial charge in [0.2, 0.25) is 0 Å². The molecule has 1 saturated heterocycles. The van der Waals surface area contributed by atoms with Crippen LogP contribution in [-0.2, 0) is 11.3 Å². The maximum absolute atomic E-state index is 12.9. The van der Waals surface area contributed by atoms with Crippen molar-refractivity contribution in [3.05, 3.63) is 23.8 Å². The molecule has 0 saturated carbocycles. The number of guanidine groups is 1. The van der Waals surface area contributed by atoms with Crippen molar-refractivity contribution in [3.63, 3.8) is 0 Å². The summed E-state index contributed by atoms with van der Waals surface area (Å²) in [6.45, 7) is 2.03. The summed E-state index contributed by atoms with van der Waals surface area (Å²) in [5.74, 6) is 1.19. The number of nitrogens with one attached hydrogen (secondary N) is 2. The third kappa shape index (κ3) is 8.57. The van der Waals surface area contributed by atoms with Gasteiger partial charge in [-0.1, -0.05) is 6.92 Å². The molecule has 0 aliphatic carbocycles. The molecule has 7 nitrogen and oxygen atoms in total. The lowest BCUT2D eigenvalue weighted by molar-refractivity contribution is -0.0505. The predicted octanol–water partition coefficient (Wildman–Crippen LogP) is 3.47. The smallest absolute Gasteiger partial charge is 0.387 e. The highest BCUT2D eigenvalue weighted by Gasteiger charge is 2.34. The Bertz CT molecular complexity index is 687. The zero-order chi connectivity index (χ0) is 22.0. The van der Waals surface area contributed by atoms with Gasteiger partial charge in [-0.3, -0.25) is 4.99 Å². The van der Waals surface area contributed by atoms with Crippen molar-refractivity contribution in [2.24, 2.45) is 4.99 Å². The van der Waals surface area contributed by atoms with E-state index in [1.165, 1.54) is 6.07 Å². The number of aliphatic imine (C=N–C) groups is 1. The van der Waals surface area contributed by atoms with E-state index < -0.39 is 6.61 Å². The lowest BCUT2D eigenvalue weighted by Gasteiger charge is -2.43. The molecule has 0 radical (unpaired) electrons. The Morgan fingerprint density at radius 2 is 1.97 bits per heavy atom. The Labute approximate surface area is 200 Å². The maximum atomic E-state index is 12.9. The van der Waals surface area contributed by atoms with Gasteiger partial charge in [-0.25, -0.2) is 0 Å². The van der Waals surface area contributed by atoms with Crippen molar-refractivity contribution in [1.29, 1.82) is 0 Å². The Morgan fingerprint density at radius 1 is 1.26 bits per heavy atom. The first-order valence-corrected chi connectivity index (χ1v) is 10.3. The third-order valence-electron chi connectivity index (χ3n) is 5.35. The van der Waals surface area contributed by atoms with Crippen LogP contribution < -0.4 is 20.1 Å². The van der Waals surface area contributed by atoms with Crippen LogP contribution in [0.3, 0.4) is 0 Å². The normalized spacial score (nSPS) is 16.1. The molecule has 1 aromatic carbocycles. The van der Waals surface area contributed by atoms with E-state index in [-0.39, 0.29) is 41.8 Å². The van der Waals surface area contributed by atoms with E-state index in [9.17, 15) is 8.78 Å². The van der Waals surface area contributed by atoms with Crippen molar-refractivity contribution in [2.45, 2.75) is 44.9 Å². The van der Waals surface area contributed by atoms with E-state index >= 15 is 0 Å². The zero-order valence-corrected chi connectivity index (χ0v) is 21.1. The molecule has 178 valence electrons. The quantitative estimate of drug-likeness (QED) is 0.262. The number of hydrogen-bond donors (Lipinski definition) is 2.